The number of hydrogen-bond donors (Lipinski definition) is 0. The predicted octanol–water partition coefficient (Wildman–Crippen LogP) is 17.4. The van der Waals surface area contributed by atoms with E-state index >= 15 is 0 Å². The second-order valence-corrected chi connectivity index (χ2v) is 19.3. The second kappa shape index (κ2) is 13.9. The van der Waals surface area contributed by atoms with E-state index in [4.69, 9.17) is 4.42 Å². The van der Waals surface area contributed by atoms with Gasteiger partial charge < -0.3 is 0 Å². The standard InChI is InChI=1S/C62H36OSe/c1-2-17-38(18-3-1)56-41-20-6-10-24-45(41)58(46-25-11-7-21-42(46)56)49-28-14-30-54-61(49)62-50(29-15-31-55(62)64-54)59-47-26-12-8-22-43(47)57(44-23-9-13-27-48(44)59)39-33-34-52-51(36-39)60-40-19-5-4-16-37(40)32-35-53(60)63-52/h1-36H. The molecule has 0 aliphatic carbocycles. The summed E-state index contributed by atoms with van der Waals surface area (Å²) in [5, 5.41) is 17.6. The van der Waals surface area contributed by atoms with Gasteiger partial charge in [0.15, 0.2) is 0 Å². The maximum absolute atomic E-state index is 6.49. The Morgan fingerprint density at radius 2 is 0.703 bits per heavy atom. The SMILES string of the molecule is c1ccc(-c2c3ccccc3c(-c3cccc4[se]c5cccc(-c6c7ccccc7c(-c7ccc8oc9ccc%10ccccc%10c9c8c7)c7ccccc67)c5c34)c3ccccc23)cc1. The fraction of sp³-hybridized carbons (Fsp3) is 0. The summed E-state index contributed by atoms with van der Waals surface area (Å²) in [5.41, 5.74) is 12.0. The summed E-state index contributed by atoms with van der Waals surface area (Å²) in [4.78, 5) is 0. The summed E-state index contributed by atoms with van der Waals surface area (Å²) in [6.07, 6.45) is 0. The molecule has 14 aromatic rings. The molecule has 2 aromatic heterocycles. The fourth-order valence-electron chi connectivity index (χ4n) is 11.0. The molecule has 1 nitrogen and oxygen atoms in total. The minimum absolute atomic E-state index is 0.144. The van der Waals surface area contributed by atoms with Crippen molar-refractivity contribution in [2.24, 2.45) is 0 Å². The Morgan fingerprint density at radius 3 is 1.23 bits per heavy atom. The maximum atomic E-state index is 6.49. The van der Waals surface area contributed by atoms with E-state index < -0.39 is 0 Å². The number of fused-ring (bicyclic) bond motifs is 12. The Kier molecular flexibility index (Phi) is 7.77. The molecule has 0 aliphatic rings. The molecular formula is C62H36OSe. The summed E-state index contributed by atoms with van der Waals surface area (Å²) in [6, 6.07) is 81.0. The van der Waals surface area contributed by atoms with Gasteiger partial charge in [-0.05, 0) is 11.5 Å². The molecule has 0 radical (unpaired) electrons. The van der Waals surface area contributed by atoms with Gasteiger partial charge in [0.1, 0.15) is 0 Å². The van der Waals surface area contributed by atoms with Crippen LogP contribution in [0.2, 0.25) is 0 Å². The quantitative estimate of drug-likeness (QED) is 0.127. The van der Waals surface area contributed by atoms with Crippen molar-refractivity contribution in [1.82, 2.24) is 0 Å². The molecule has 12 aromatic carbocycles. The van der Waals surface area contributed by atoms with Crippen molar-refractivity contribution in [2.45, 2.75) is 0 Å². The molecule has 2 heteroatoms. The zero-order valence-electron chi connectivity index (χ0n) is 34.6. The first-order chi connectivity index (χ1) is 31.8. The number of hydrogen-bond acceptors (Lipinski definition) is 1. The molecule has 0 bridgehead atoms. The second-order valence-electron chi connectivity index (χ2n) is 17.0. The van der Waals surface area contributed by atoms with Crippen LogP contribution >= 0.6 is 0 Å². The summed E-state index contributed by atoms with van der Waals surface area (Å²) in [6.45, 7) is 0. The van der Waals surface area contributed by atoms with E-state index in [1.54, 1.807) is 0 Å². The third-order valence-electron chi connectivity index (χ3n) is 13.6. The summed E-state index contributed by atoms with van der Waals surface area (Å²) < 4.78 is 9.36. The van der Waals surface area contributed by atoms with Crippen LogP contribution in [0.5, 0.6) is 0 Å². The van der Waals surface area contributed by atoms with E-state index in [0.717, 1.165) is 16.6 Å². The molecule has 296 valence electrons. The molecule has 0 N–H and O–H groups in total. The van der Waals surface area contributed by atoms with E-state index in [-0.39, 0.29) is 14.5 Å². The van der Waals surface area contributed by atoms with Crippen LogP contribution in [0.1, 0.15) is 0 Å². The predicted molar refractivity (Wildman–Crippen MR) is 275 cm³/mol. The van der Waals surface area contributed by atoms with Crippen molar-refractivity contribution in [3.05, 3.63) is 218 Å². The van der Waals surface area contributed by atoms with E-state index in [9.17, 15) is 0 Å². The summed E-state index contributed by atoms with van der Waals surface area (Å²) >= 11 is 0.144. The number of furan rings is 1. The van der Waals surface area contributed by atoms with E-state index in [1.807, 2.05) is 0 Å². The Hall–Kier alpha value is -7.74. The number of rotatable bonds is 4. The molecule has 0 saturated carbocycles. The van der Waals surface area contributed by atoms with E-state index in [0.29, 0.717) is 0 Å². The first-order valence-electron chi connectivity index (χ1n) is 22.0. The molecule has 0 aliphatic heterocycles. The topological polar surface area (TPSA) is 13.1 Å². The molecule has 2 heterocycles. The first-order valence-corrected chi connectivity index (χ1v) is 23.7. The van der Waals surface area contributed by atoms with Gasteiger partial charge in [-0.2, -0.15) is 0 Å². The van der Waals surface area contributed by atoms with Crippen molar-refractivity contribution < 1.29 is 4.42 Å². The van der Waals surface area contributed by atoms with Crippen LogP contribution in [0, 0.1) is 0 Å². The van der Waals surface area contributed by atoms with E-state index in [2.05, 4.69) is 218 Å². The van der Waals surface area contributed by atoms with Gasteiger partial charge in [0, 0.05) is 0 Å². The summed E-state index contributed by atoms with van der Waals surface area (Å²) in [5.74, 6) is 0. The Morgan fingerprint density at radius 1 is 0.266 bits per heavy atom. The average Bonchev–Trinajstić information content (AvgIpc) is 3.94. The molecule has 0 atom stereocenters. The van der Waals surface area contributed by atoms with Gasteiger partial charge in [0.25, 0.3) is 0 Å². The molecule has 0 unspecified atom stereocenters. The van der Waals surface area contributed by atoms with Gasteiger partial charge in [0.05, 0.1) is 0 Å². The van der Waals surface area contributed by atoms with Crippen LogP contribution in [0.4, 0.5) is 0 Å². The zero-order chi connectivity index (χ0) is 41.9. The first kappa shape index (κ1) is 35.8. The van der Waals surface area contributed by atoms with Gasteiger partial charge in [-0.25, -0.2) is 0 Å². The van der Waals surface area contributed by atoms with Crippen LogP contribution in [-0.2, 0) is 0 Å². The van der Waals surface area contributed by atoms with Gasteiger partial charge in [-0.1, -0.05) is 30.3 Å². The normalized spacial score (nSPS) is 12.1. The molecule has 64 heavy (non-hydrogen) atoms. The van der Waals surface area contributed by atoms with Crippen LogP contribution in [-0.4, -0.2) is 14.5 Å². The molecule has 0 spiro atoms. The minimum atomic E-state index is 0.144. The molecular weight excluding hydrogens is 840 g/mol. The van der Waals surface area contributed by atoms with Crippen LogP contribution < -0.4 is 0 Å². The molecule has 0 amide bonds. The summed E-state index contributed by atoms with van der Waals surface area (Å²) in [7, 11) is 0. The van der Waals surface area contributed by atoms with Gasteiger partial charge >= 0.3 is 335 Å². The fourth-order valence-corrected chi connectivity index (χ4v) is 13.5. The zero-order valence-corrected chi connectivity index (χ0v) is 36.3. The molecule has 0 saturated heterocycles. The monoisotopic (exact) mass is 876 g/mol. The van der Waals surface area contributed by atoms with Crippen LogP contribution in [0.25, 0.3) is 140 Å². The number of benzene rings is 12. The Balaban J connectivity index is 1.07. The van der Waals surface area contributed by atoms with Crippen molar-refractivity contribution in [2.75, 3.05) is 0 Å². The van der Waals surface area contributed by atoms with Gasteiger partial charge in [-0.15, -0.1) is 0 Å². The van der Waals surface area contributed by atoms with Crippen molar-refractivity contribution in [1.29, 1.82) is 0 Å². The van der Waals surface area contributed by atoms with Gasteiger partial charge in [-0.3, -0.25) is 0 Å². The third-order valence-corrected chi connectivity index (χ3v) is 16.0. The van der Waals surface area contributed by atoms with Crippen LogP contribution in [0.15, 0.2) is 223 Å². The van der Waals surface area contributed by atoms with Gasteiger partial charge in [0.2, 0.25) is 0 Å². The average molecular weight is 876 g/mol. The van der Waals surface area contributed by atoms with Crippen molar-refractivity contribution in [3.8, 4) is 44.5 Å². The molecule has 0 fully saturated rings. The Labute approximate surface area is 374 Å². The third kappa shape index (κ3) is 5.13. The van der Waals surface area contributed by atoms with Crippen molar-refractivity contribution >= 4 is 110 Å². The molecule has 14 rings (SSSR count). The van der Waals surface area contributed by atoms with Crippen LogP contribution in [0.3, 0.4) is 0 Å². The Bertz CT molecular complexity index is 4130. The van der Waals surface area contributed by atoms with E-state index in [1.165, 1.54) is 123 Å². The van der Waals surface area contributed by atoms with Crippen molar-refractivity contribution in [3.63, 3.8) is 0 Å².